The zero-order valence-corrected chi connectivity index (χ0v) is 6.50. The predicted octanol–water partition coefficient (Wildman–Crippen LogP) is 1.52. The molecule has 2 nitrogen and oxygen atoms in total. The summed E-state index contributed by atoms with van der Waals surface area (Å²) in [5.74, 6) is 5.27. The van der Waals surface area contributed by atoms with Crippen LogP contribution >= 0.6 is 11.3 Å². The number of fused-ring (bicyclic) bond motifs is 1. The summed E-state index contributed by atoms with van der Waals surface area (Å²) in [6.45, 7) is 0. The second kappa shape index (κ2) is 2.25. The highest BCUT2D eigenvalue weighted by molar-refractivity contribution is 7.16. The number of nitrogens with one attached hydrogen (secondary N) is 1. The fraction of sp³-hybridized carbons (Fsp3) is 0.429. The van der Waals surface area contributed by atoms with Gasteiger partial charge in [0.1, 0.15) is 5.00 Å². The largest absolute Gasteiger partial charge is 0.315 e. The van der Waals surface area contributed by atoms with E-state index in [0.717, 1.165) is 5.00 Å². The molecule has 0 aliphatic heterocycles. The van der Waals surface area contributed by atoms with E-state index in [0.29, 0.717) is 0 Å². The molecule has 0 atom stereocenters. The second-order valence-electron chi connectivity index (χ2n) is 2.56. The van der Waals surface area contributed by atoms with Crippen molar-refractivity contribution in [2.45, 2.75) is 19.3 Å². The minimum absolute atomic E-state index is 1.10. The molecule has 1 aliphatic carbocycles. The highest BCUT2D eigenvalue weighted by atomic mass is 32.1. The average molecular weight is 154 g/mol. The summed E-state index contributed by atoms with van der Waals surface area (Å²) in [7, 11) is 0. The zero-order chi connectivity index (χ0) is 6.97. The van der Waals surface area contributed by atoms with Crippen LogP contribution < -0.4 is 11.3 Å². The second-order valence-corrected chi connectivity index (χ2v) is 3.69. The van der Waals surface area contributed by atoms with Gasteiger partial charge in [-0.05, 0) is 30.9 Å². The standard InChI is InChI=1S/C7H10N2S/c8-9-7-4-5-2-1-3-6(5)10-7/h4,9H,1-3,8H2. The maximum atomic E-state index is 5.27. The number of nitrogens with two attached hydrogens (primary N) is 1. The van der Waals surface area contributed by atoms with Crippen LogP contribution in [0.5, 0.6) is 0 Å². The highest BCUT2D eigenvalue weighted by Gasteiger charge is 2.13. The Morgan fingerprint density at radius 1 is 1.50 bits per heavy atom. The van der Waals surface area contributed by atoms with E-state index < -0.39 is 0 Å². The summed E-state index contributed by atoms with van der Waals surface area (Å²) in [5.41, 5.74) is 4.17. The van der Waals surface area contributed by atoms with Crippen LogP contribution in [0.2, 0.25) is 0 Å². The number of thiophene rings is 1. The summed E-state index contributed by atoms with van der Waals surface area (Å²) in [6.07, 6.45) is 3.82. The van der Waals surface area contributed by atoms with Gasteiger partial charge >= 0.3 is 0 Å². The van der Waals surface area contributed by atoms with E-state index in [4.69, 9.17) is 5.84 Å². The molecule has 0 aromatic carbocycles. The number of rotatable bonds is 1. The van der Waals surface area contributed by atoms with Crippen LogP contribution in [0.25, 0.3) is 0 Å². The maximum absolute atomic E-state index is 5.27. The Morgan fingerprint density at radius 2 is 2.40 bits per heavy atom. The third kappa shape index (κ3) is 0.822. The Morgan fingerprint density at radius 3 is 3.10 bits per heavy atom. The molecule has 0 bridgehead atoms. The SMILES string of the molecule is NNc1cc2c(s1)CCC2. The van der Waals surface area contributed by atoms with Crippen molar-refractivity contribution in [3.63, 3.8) is 0 Å². The smallest absolute Gasteiger partial charge is 0.103 e. The van der Waals surface area contributed by atoms with Crippen molar-refractivity contribution < 1.29 is 0 Å². The van der Waals surface area contributed by atoms with E-state index in [-0.39, 0.29) is 0 Å². The number of hydrogen-bond donors (Lipinski definition) is 2. The van der Waals surface area contributed by atoms with Gasteiger partial charge in [0.15, 0.2) is 0 Å². The molecular weight excluding hydrogens is 144 g/mol. The van der Waals surface area contributed by atoms with Crippen molar-refractivity contribution in [1.82, 2.24) is 0 Å². The van der Waals surface area contributed by atoms with Gasteiger partial charge in [0.05, 0.1) is 0 Å². The molecule has 1 aromatic heterocycles. The van der Waals surface area contributed by atoms with Gasteiger partial charge in [0.2, 0.25) is 0 Å². The molecule has 1 heterocycles. The van der Waals surface area contributed by atoms with Crippen LogP contribution in [-0.2, 0) is 12.8 Å². The van der Waals surface area contributed by atoms with Gasteiger partial charge in [0, 0.05) is 4.88 Å². The first-order valence-electron chi connectivity index (χ1n) is 3.48. The Hall–Kier alpha value is -0.540. The van der Waals surface area contributed by atoms with E-state index in [1.54, 1.807) is 11.3 Å². The molecule has 10 heavy (non-hydrogen) atoms. The van der Waals surface area contributed by atoms with E-state index in [9.17, 15) is 0 Å². The third-order valence-electron chi connectivity index (χ3n) is 1.89. The molecular formula is C7H10N2S. The molecule has 54 valence electrons. The lowest BCUT2D eigenvalue weighted by atomic mass is 10.3. The summed E-state index contributed by atoms with van der Waals surface area (Å²) < 4.78 is 0. The third-order valence-corrected chi connectivity index (χ3v) is 3.06. The van der Waals surface area contributed by atoms with Crippen molar-refractivity contribution in [1.29, 1.82) is 0 Å². The van der Waals surface area contributed by atoms with Gasteiger partial charge in [0.25, 0.3) is 0 Å². The molecule has 0 unspecified atom stereocenters. The molecule has 0 saturated heterocycles. The van der Waals surface area contributed by atoms with Crippen molar-refractivity contribution in [3.8, 4) is 0 Å². The Bertz CT molecular complexity index is 220. The van der Waals surface area contributed by atoms with E-state index in [2.05, 4.69) is 11.5 Å². The monoisotopic (exact) mass is 154 g/mol. The van der Waals surface area contributed by atoms with Gasteiger partial charge in [-0.25, -0.2) is 5.84 Å². The summed E-state index contributed by atoms with van der Waals surface area (Å²) in [6, 6.07) is 2.16. The lowest BCUT2D eigenvalue weighted by Crippen LogP contribution is -2.04. The number of hydrazine groups is 1. The first kappa shape index (κ1) is 6.19. The molecule has 1 aromatic rings. The molecule has 0 fully saturated rings. The number of anilines is 1. The fourth-order valence-corrected chi connectivity index (χ4v) is 2.46. The lowest BCUT2D eigenvalue weighted by Gasteiger charge is -1.90. The van der Waals surface area contributed by atoms with Crippen molar-refractivity contribution in [2.75, 3.05) is 5.43 Å². The maximum Gasteiger partial charge on any atom is 0.103 e. The number of hydrogen-bond acceptors (Lipinski definition) is 3. The normalized spacial score (nSPS) is 15.3. The molecule has 0 amide bonds. The van der Waals surface area contributed by atoms with E-state index in [1.807, 2.05) is 0 Å². The van der Waals surface area contributed by atoms with Crippen molar-refractivity contribution >= 4 is 16.3 Å². The average Bonchev–Trinajstić information content (AvgIpc) is 2.42. The highest BCUT2D eigenvalue weighted by Crippen LogP contribution is 2.32. The molecule has 1 aliphatic rings. The Balaban J connectivity index is 2.37. The summed E-state index contributed by atoms with van der Waals surface area (Å²) in [4.78, 5) is 1.52. The molecule has 0 radical (unpaired) electrons. The molecule has 0 spiro atoms. The Kier molecular flexibility index (Phi) is 1.39. The van der Waals surface area contributed by atoms with Crippen molar-refractivity contribution in [3.05, 3.63) is 16.5 Å². The topological polar surface area (TPSA) is 38.0 Å². The van der Waals surface area contributed by atoms with Crippen LogP contribution in [0.15, 0.2) is 6.07 Å². The van der Waals surface area contributed by atoms with Gasteiger partial charge in [-0.2, -0.15) is 0 Å². The fourth-order valence-electron chi connectivity index (χ4n) is 1.40. The van der Waals surface area contributed by atoms with Crippen LogP contribution in [0.4, 0.5) is 5.00 Å². The summed E-state index contributed by atoms with van der Waals surface area (Å²) in [5, 5.41) is 1.10. The summed E-state index contributed by atoms with van der Waals surface area (Å²) >= 11 is 1.79. The van der Waals surface area contributed by atoms with Crippen LogP contribution in [0.3, 0.4) is 0 Å². The lowest BCUT2D eigenvalue weighted by molar-refractivity contribution is 0.915. The molecule has 2 rings (SSSR count). The number of nitrogen functional groups attached to an aromatic ring is 1. The predicted molar refractivity (Wildman–Crippen MR) is 44.2 cm³/mol. The Labute approximate surface area is 64.0 Å². The van der Waals surface area contributed by atoms with E-state index >= 15 is 0 Å². The van der Waals surface area contributed by atoms with Gasteiger partial charge in [-0.15, -0.1) is 11.3 Å². The minimum Gasteiger partial charge on any atom is -0.315 e. The molecule has 0 saturated carbocycles. The van der Waals surface area contributed by atoms with Gasteiger partial charge in [-0.3, -0.25) is 0 Å². The van der Waals surface area contributed by atoms with Crippen LogP contribution in [0.1, 0.15) is 16.9 Å². The zero-order valence-electron chi connectivity index (χ0n) is 5.68. The van der Waals surface area contributed by atoms with E-state index in [1.165, 1.54) is 29.7 Å². The van der Waals surface area contributed by atoms with Gasteiger partial charge < -0.3 is 5.43 Å². The molecule has 3 N–H and O–H groups in total. The van der Waals surface area contributed by atoms with Crippen LogP contribution in [0, 0.1) is 0 Å². The first-order chi connectivity index (χ1) is 4.90. The first-order valence-corrected chi connectivity index (χ1v) is 4.30. The minimum atomic E-state index is 1.10. The van der Waals surface area contributed by atoms with Gasteiger partial charge in [-0.1, -0.05) is 0 Å². The van der Waals surface area contributed by atoms with Crippen molar-refractivity contribution in [2.24, 2.45) is 5.84 Å². The molecule has 3 heteroatoms. The van der Waals surface area contributed by atoms with Crippen LogP contribution in [-0.4, -0.2) is 0 Å². The number of aryl methyl sites for hydroxylation is 2. The quantitative estimate of drug-likeness (QED) is 0.475.